The Kier molecular flexibility index (Phi) is 3.64. The molecule has 0 spiro atoms. The standard InChI is InChI=1S/C14H19NO4/c1-9-5-7-14(2,8-6-9)15-12(16)10-3-4-11(19-10)13(17)18/h3-4,9H,5-8H2,1-2H3,(H,15,16)(H,17,18). The molecule has 1 amide bonds. The van der Waals surface area contributed by atoms with Crippen LogP contribution < -0.4 is 5.32 Å². The largest absolute Gasteiger partial charge is 0.475 e. The van der Waals surface area contributed by atoms with Crippen LogP contribution in [0.5, 0.6) is 0 Å². The minimum Gasteiger partial charge on any atom is -0.475 e. The molecule has 1 aromatic rings. The molecule has 2 rings (SSSR count). The van der Waals surface area contributed by atoms with E-state index in [1.54, 1.807) is 0 Å². The predicted molar refractivity (Wildman–Crippen MR) is 69.2 cm³/mol. The fourth-order valence-electron chi connectivity index (χ4n) is 2.43. The van der Waals surface area contributed by atoms with Crippen molar-refractivity contribution in [2.75, 3.05) is 0 Å². The van der Waals surface area contributed by atoms with E-state index < -0.39 is 5.97 Å². The normalized spacial score (nSPS) is 26.9. The Bertz CT molecular complexity index is 483. The molecule has 1 fully saturated rings. The van der Waals surface area contributed by atoms with Crippen LogP contribution in [0.15, 0.2) is 16.5 Å². The van der Waals surface area contributed by atoms with E-state index >= 15 is 0 Å². The van der Waals surface area contributed by atoms with Gasteiger partial charge in [0, 0.05) is 5.54 Å². The summed E-state index contributed by atoms with van der Waals surface area (Å²) in [5.74, 6) is -0.974. The molecule has 5 heteroatoms. The zero-order valence-corrected chi connectivity index (χ0v) is 11.2. The molecular formula is C14H19NO4. The Hall–Kier alpha value is -1.78. The number of nitrogens with one attached hydrogen (secondary N) is 1. The van der Waals surface area contributed by atoms with Crippen molar-refractivity contribution in [1.29, 1.82) is 0 Å². The minimum atomic E-state index is -1.17. The van der Waals surface area contributed by atoms with E-state index in [0.29, 0.717) is 5.92 Å². The van der Waals surface area contributed by atoms with Gasteiger partial charge in [-0.05, 0) is 50.7 Å². The maximum Gasteiger partial charge on any atom is 0.371 e. The van der Waals surface area contributed by atoms with Crippen LogP contribution in [0, 0.1) is 5.92 Å². The monoisotopic (exact) mass is 265 g/mol. The van der Waals surface area contributed by atoms with Gasteiger partial charge in [0.15, 0.2) is 5.76 Å². The summed E-state index contributed by atoms with van der Waals surface area (Å²) in [5.41, 5.74) is -0.222. The van der Waals surface area contributed by atoms with Gasteiger partial charge in [-0.2, -0.15) is 0 Å². The first-order valence-electron chi connectivity index (χ1n) is 6.55. The molecule has 1 aliphatic carbocycles. The molecule has 0 aromatic carbocycles. The number of carboxylic acid groups (broad SMARTS) is 1. The molecule has 1 heterocycles. The molecule has 0 bridgehead atoms. The predicted octanol–water partition coefficient (Wildman–Crippen LogP) is 2.68. The topological polar surface area (TPSA) is 79.5 Å². The van der Waals surface area contributed by atoms with Crippen molar-refractivity contribution in [3.8, 4) is 0 Å². The van der Waals surface area contributed by atoms with E-state index in [0.717, 1.165) is 25.7 Å². The average Bonchev–Trinajstić information content (AvgIpc) is 2.83. The van der Waals surface area contributed by atoms with Gasteiger partial charge in [-0.25, -0.2) is 4.79 Å². The summed E-state index contributed by atoms with van der Waals surface area (Å²) >= 11 is 0. The number of furan rings is 1. The molecule has 1 aliphatic rings. The molecule has 5 nitrogen and oxygen atoms in total. The van der Waals surface area contributed by atoms with Crippen molar-refractivity contribution >= 4 is 11.9 Å². The highest BCUT2D eigenvalue weighted by atomic mass is 16.4. The second-order valence-electron chi connectivity index (χ2n) is 5.67. The third kappa shape index (κ3) is 3.16. The summed E-state index contributed by atoms with van der Waals surface area (Å²) in [6.45, 7) is 4.24. The molecule has 2 N–H and O–H groups in total. The molecule has 0 radical (unpaired) electrons. The average molecular weight is 265 g/mol. The van der Waals surface area contributed by atoms with Gasteiger partial charge in [0.05, 0.1) is 0 Å². The van der Waals surface area contributed by atoms with E-state index in [9.17, 15) is 9.59 Å². The minimum absolute atomic E-state index is 0.0530. The first-order valence-corrected chi connectivity index (χ1v) is 6.55. The zero-order chi connectivity index (χ0) is 14.0. The number of aromatic carboxylic acids is 1. The number of hydrogen-bond donors (Lipinski definition) is 2. The van der Waals surface area contributed by atoms with Gasteiger partial charge in [-0.3, -0.25) is 4.79 Å². The van der Waals surface area contributed by atoms with Crippen molar-refractivity contribution in [2.45, 2.75) is 45.1 Å². The maximum absolute atomic E-state index is 12.0. The summed E-state index contributed by atoms with van der Waals surface area (Å²) in [5, 5.41) is 11.7. The van der Waals surface area contributed by atoms with E-state index in [-0.39, 0.29) is 23.0 Å². The van der Waals surface area contributed by atoms with Gasteiger partial charge in [0.1, 0.15) is 0 Å². The maximum atomic E-state index is 12.0. The van der Waals surface area contributed by atoms with Crippen LogP contribution in [-0.4, -0.2) is 22.5 Å². The lowest BCUT2D eigenvalue weighted by molar-refractivity contribution is 0.0658. The summed E-state index contributed by atoms with van der Waals surface area (Å²) in [6, 6.07) is 2.69. The van der Waals surface area contributed by atoms with Crippen LogP contribution in [0.25, 0.3) is 0 Å². The Morgan fingerprint density at radius 3 is 2.42 bits per heavy atom. The molecule has 1 aromatic heterocycles. The van der Waals surface area contributed by atoms with Crippen molar-refractivity contribution in [2.24, 2.45) is 5.92 Å². The van der Waals surface area contributed by atoms with Crippen LogP contribution in [-0.2, 0) is 0 Å². The van der Waals surface area contributed by atoms with Gasteiger partial charge < -0.3 is 14.8 Å². The molecule has 0 aliphatic heterocycles. The third-order valence-corrected chi connectivity index (χ3v) is 3.83. The van der Waals surface area contributed by atoms with Gasteiger partial charge in [0.2, 0.25) is 5.76 Å². The summed E-state index contributed by atoms with van der Waals surface area (Å²) < 4.78 is 5.00. The Morgan fingerprint density at radius 1 is 1.32 bits per heavy atom. The summed E-state index contributed by atoms with van der Waals surface area (Å²) in [6.07, 6.45) is 4.06. The fourth-order valence-corrected chi connectivity index (χ4v) is 2.43. The number of rotatable bonds is 3. The third-order valence-electron chi connectivity index (χ3n) is 3.83. The lowest BCUT2D eigenvalue weighted by Gasteiger charge is -2.36. The Labute approximate surface area is 112 Å². The number of hydrogen-bond acceptors (Lipinski definition) is 3. The lowest BCUT2D eigenvalue weighted by Crippen LogP contribution is -2.48. The highest BCUT2D eigenvalue weighted by molar-refractivity contribution is 5.93. The number of carboxylic acids is 1. The van der Waals surface area contributed by atoms with E-state index in [2.05, 4.69) is 12.2 Å². The van der Waals surface area contributed by atoms with Crippen LogP contribution in [0.2, 0.25) is 0 Å². The quantitative estimate of drug-likeness (QED) is 0.880. The van der Waals surface area contributed by atoms with E-state index in [4.69, 9.17) is 9.52 Å². The van der Waals surface area contributed by atoms with E-state index in [1.807, 2.05) is 6.92 Å². The first kappa shape index (κ1) is 13.6. The smallest absolute Gasteiger partial charge is 0.371 e. The van der Waals surface area contributed by atoms with Crippen molar-refractivity contribution < 1.29 is 19.1 Å². The van der Waals surface area contributed by atoms with Crippen molar-refractivity contribution in [3.05, 3.63) is 23.7 Å². The number of carbonyl (C=O) groups is 2. The molecule has 0 unspecified atom stereocenters. The second kappa shape index (κ2) is 5.07. The molecule has 19 heavy (non-hydrogen) atoms. The molecular weight excluding hydrogens is 246 g/mol. The van der Waals surface area contributed by atoms with E-state index in [1.165, 1.54) is 12.1 Å². The highest BCUT2D eigenvalue weighted by Crippen LogP contribution is 2.31. The van der Waals surface area contributed by atoms with Crippen LogP contribution in [0.3, 0.4) is 0 Å². The number of amides is 1. The summed E-state index contributed by atoms with van der Waals surface area (Å²) in [4.78, 5) is 22.7. The molecule has 104 valence electrons. The van der Waals surface area contributed by atoms with Gasteiger partial charge in [-0.15, -0.1) is 0 Å². The fraction of sp³-hybridized carbons (Fsp3) is 0.571. The Balaban J connectivity index is 2.02. The second-order valence-corrected chi connectivity index (χ2v) is 5.67. The summed E-state index contributed by atoms with van der Waals surface area (Å²) in [7, 11) is 0. The van der Waals surface area contributed by atoms with Gasteiger partial charge >= 0.3 is 5.97 Å². The number of carbonyl (C=O) groups excluding carboxylic acids is 1. The first-order chi connectivity index (χ1) is 8.89. The molecule has 0 atom stereocenters. The SMILES string of the molecule is CC1CCC(C)(NC(=O)c2ccc(C(=O)O)o2)CC1. The van der Waals surface area contributed by atoms with Crippen LogP contribution in [0.1, 0.15) is 60.6 Å². The zero-order valence-electron chi connectivity index (χ0n) is 11.2. The van der Waals surface area contributed by atoms with Crippen LogP contribution in [0.4, 0.5) is 0 Å². The molecule has 0 saturated heterocycles. The van der Waals surface area contributed by atoms with Crippen molar-refractivity contribution in [1.82, 2.24) is 5.32 Å². The van der Waals surface area contributed by atoms with Gasteiger partial charge in [0.25, 0.3) is 5.91 Å². The highest BCUT2D eigenvalue weighted by Gasteiger charge is 2.32. The van der Waals surface area contributed by atoms with Crippen molar-refractivity contribution in [3.63, 3.8) is 0 Å². The lowest BCUT2D eigenvalue weighted by atomic mass is 9.78. The Morgan fingerprint density at radius 2 is 1.89 bits per heavy atom. The molecule has 1 saturated carbocycles. The van der Waals surface area contributed by atoms with Gasteiger partial charge in [-0.1, -0.05) is 6.92 Å². The van der Waals surface area contributed by atoms with Crippen LogP contribution >= 0.6 is 0 Å².